The van der Waals surface area contributed by atoms with E-state index in [-0.39, 0.29) is 105 Å². The van der Waals surface area contributed by atoms with Crippen molar-refractivity contribution >= 4 is 5.91 Å². The van der Waals surface area contributed by atoms with Gasteiger partial charge < -0.3 is 73.7 Å². The molecule has 0 unspecified atom stereocenters. The molecular formula is C50H98F3KN2O14. The third-order valence-corrected chi connectivity index (χ3v) is 10.8. The number of hydrogen-bond acceptors (Lipinski definition) is 15. The topological polar surface area (TPSA) is 211 Å². The zero-order chi connectivity index (χ0) is 50.8. The van der Waals surface area contributed by atoms with Gasteiger partial charge in [-0.25, -0.2) is 0 Å². The Morgan fingerprint density at radius 3 is 1.59 bits per heavy atom. The molecule has 70 heavy (non-hydrogen) atoms. The number of halogens is 3. The number of amides is 1. The minimum atomic E-state index is -5.12. The quantitative estimate of drug-likeness (QED) is 0.0321. The van der Waals surface area contributed by atoms with E-state index in [0.29, 0.717) is 13.0 Å². The number of ether oxygens (including phenoxy) is 10. The summed E-state index contributed by atoms with van der Waals surface area (Å²) < 4.78 is 94.3. The van der Waals surface area contributed by atoms with E-state index in [4.69, 9.17) is 53.1 Å². The summed E-state index contributed by atoms with van der Waals surface area (Å²) in [4.78, 5) is 11.7. The first-order chi connectivity index (χ1) is 31.8. The average molecular weight is 1050 g/mol. The molecule has 2 saturated heterocycles. The first-order valence-corrected chi connectivity index (χ1v) is 24.0. The molecule has 0 aromatic carbocycles. The van der Waals surface area contributed by atoms with Gasteiger partial charge in [-0.1, -0.05) is 126 Å². The molecule has 2 heterocycles. The molecular weight excluding hydrogens is 949 g/mol. The van der Waals surface area contributed by atoms with Crippen LogP contribution in [-0.2, 0) is 52.2 Å². The Kier molecular flexibility index (Phi) is 48.9. The number of nitrogens with two attached hydrogens (primary N) is 1. The number of hydrogen-bond donors (Lipinski definition) is 4. The number of carbonyl (C=O) groups is 1. The molecule has 0 spiro atoms. The molecule has 16 nitrogen and oxygen atoms in total. The van der Waals surface area contributed by atoms with Gasteiger partial charge in [0, 0.05) is 41.7 Å². The van der Waals surface area contributed by atoms with Gasteiger partial charge in [-0.15, -0.1) is 12.2 Å². The molecule has 2 aliphatic rings. The maximum absolute atomic E-state index is 13.0. The van der Waals surface area contributed by atoms with Gasteiger partial charge in [-0.05, 0) is 32.6 Å². The zero-order valence-electron chi connectivity index (χ0n) is 43.3. The number of alkyl halides is 3. The fourth-order valence-electron chi connectivity index (χ4n) is 7.22. The third-order valence-electron chi connectivity index (χ3n) is 10.8. The molecule has 0 bridgehead atoms. The van der Waals surface area contributed by atoms with Crippen LogP contribution in [-0.4, -0.2) is 163 Å². The Hall–Kier alpha value is -0.344. The SMILES string of the molecule is C.C.C/C=C\O[C@H]1O[C@H](COC)[C@@H](O)[C@H](OCC[C@@H](CCCCCCC)OC)[C@H]1N.C=CCO[C@H]1O[C@H](COC)[C@@H](O)[C@H](OCC[C@@H](CCCCCCC)OC)[C@H]1NC(=O)C(F)(F)F.CC(C)(C)[O-].[K+]. The van der Waals surface area contributed by atoms with E-state index in [1.807, 2.05) is 12.2 Å². The second-order valence-electron chi connectivity index (χ2n) is 17.8. The van der Waals surface area contributed by atoms with Crippen molar-refractivity contribution in [2.75, 3.05) is 61.5 Å². The number of allylic oxidation sites excluding steroid dienone is 1. The van der Waals surface area contributed by atoms with Crippen LogP contribution in [0.2, 0.25) is 0 Å². The van der Waals surface area contributed by atoms with Crippen LogP contribution in [0.3, 0.4) is 0 Å². The Morgan fingerprint density at radius 1 is 0.757 bits per heavy atom. The molecule has 2 rings (SSSR count). The van der Waals surface area contributed by atoms with Gasteiger partial charge in [-0.2, -0.15) is 13.2 Å². The second kappa shape index (κ2) is 44.9. The molecule has 5 N–H and O–H groups in total. The standard InChI is InChI=1S/C23H40F3NO7.C21H41NO6.C4H9O.2CH4.K/c1-5-7-8-9-10-11-16(31-4)12-14-32-20-18(27-22(29)23(24,25)26)21(33-13-6-2)34-17(15-30-3)19(20)28;1-5-7-8-9-10-11-16(25-4)12-14-26-20-18(22)21(27-13-6-2)28-17(15-24-3)19(20)23;1-4(2,3)5;;;/h6,16-21,28H,2,5,7-15H2,1,3-4H3,(H,27,29);6,13,16-21,23H,5,7-12,14-15,22H2,1-4H3;1-3H3;2*1H4;/q;;-1;;;+1/b;13-6-;;;;/t2*16-,17-,18-,19-,20-,21+;;;;/m11..../s1. The summed E-state index contributed by atoms with van der Waals surface area (Å²) in [6, 6.07) is -2.01. The largest absolute Gasteiger partial charge is 1.00 e. The number of nitrogens with one attached hydrogen (secondary N) is 1. The first kappa shape index (κ1) is 76.2. The summed E-state index contributed by atoms with van der Waals surface area (Å²) >= 11 is 0. The van der Waals surface area contributed by atoms with Crippen LogP contribution in [0, 0.1) is 0 Å². The normalized spacial score (nSPS) is 25.3. The molecule has 2 aliphatic heterocycles. The van der Waals surface area contributed by atoms with E-state index < -0.39 is 79.0 Å². The maximum atomic E-state index is 13.0. The van der Waals surface area contributed by atoms with Crippen LogP contribution in [0.1, 0.15) is 146 Å². The molecule has 2 fully saturated rings. The van der Waals surface area contributed by atoms with Crippen molar-refractivity contribution in [3.63, 3.8) is 0 Å². The molecule has 0 radical (unpaired) electrons. The minimum absolute atomic E-state index is 0. The van der Waals surface area contributed by atoms with Crippen LogP contribution in [0.15, 0.2) is 25.0 Å². The fourth-order valence-corrected chi connectivity index (χ4v) is 7.22. The number of methoxy groups -OCH3 is 4. The third kappa shape index (κ3) is 34.3. The van der Waals surface area contributed by atoms with Gasteiger partial charge in [-0.3, -0.25) is 4.79 Å². The maximum Gasteiger partial charge on any atom is 1.00 e. The number of unbranched alkanes of at least 4 members (excludes halogenated alkanes) is 8. The van der Waals surface area contributed by atoms with Crippen molar-refractivity contribution in [3.05, 3.63) is 25.0 Å². The minimum Gasteiger partial charge on any atom is -0.850 e. The summed E-state index contributed by atoms with van der Waals surface area (Å²) in [6.07, 6.45) is 6.95. The van der Waals surface area contributed by atoms with E-state index in [2.05, 4.69) is 20.4 Å². The van der Waals surface area contributed by atoms with E-state index in [1.165, 1.54) is 51.6 Å². The van der Waals surface area contributed by atoms with Gasteiger partial charge in [0.25, 0.3) is 0 Å². The Balaban J connectivity index is -0.000000552. The van der Waals surface area contributed by atoms with E-state index in [1.54, 1.807) is 48.2 Å². The molecule has 0 aromatic heterocycles. The van der Waals surface area contributed by atoms with Crippen LogP contribution in [0.5, 0.6) is 0 Å². The number of rotatable bonds is 32. The summed E-state index contributed by atoms with van der Waals surface area (Å²) in [5.74, 6) is -2.18. The average Bonchev–Trinajstić information content (AvgIpc) is 3.27. The van der Waals surface area contributed by atoms with E-state index in [0.717, 1.165) is 51.4 Å². The molecule has 0 saturated carbocycles. The summed E-state index contributed by atoms with van der Waals surface area (Å²) in [5, 5.41) is 33.3. The molecule has 20 heteroatoms. The van der Waals surface area contributed by atoms with Crippen LogP contribution < -0.4 is 67.5 Å². The van der Waals surface area contributed by atoms with Gasteiger partial charge >= 0.3 is 63.5 Å². The second-order valence-corrected chi connectivity index (χ2v) is 17.8. The first-order valence-electron chi connectivity index (χ1n) is 24.0. The van der Waals surface area contributed by atoms with Crippen molar-refractivity contribution in [2.45, 2.75) is 232 Å². The smallest absolute Gasteiger partial charge is 0.850 e. The van der Waals surface area contributed by atoms with Crippen LogP contribution >= 0.6 is 0 Å². The zero-order valence-corrected chi connectivity index (χ0v) is 46.4. The van der Waals surface area contributed by atoms with Gasteiger partial charge in [0.1, 0.15) is 42.7 Å². The van der Waals surface area contributed by atoms with Crippen molar-refractivity contribution < 1.29 is 132 Å². The summed E-state index contributed by atoms with van der Waals surface area (Å²) in [7, 11) is 6.29. The van der Waals surface area contributed by atoms with Crippen LogP contribution in [0.4, 0.5) is 13.2 Å². The Bertz CT molecular complexity index is 1250. The number of aliphatic hydroxyl groups excluding tert-OH is 2. The summed E-state index contributed by atoms with van der Waals surface area (Å²) in [5.41, 5.74) is 5.50. The number of carbonyl (C=O) groups excluding carboxylic acids is 1. The van der Waals surface area contributed by atoms with Crippen molar-refractivity contribution in [2.24, 2.45) is 5.73 Å². The molecule has 1 amide bonds. The Morgan fingerprint density at radius 2 is 1.19 bits per heavy atom. The monoisotopic (exact) mass is 1050 g/mol. The molecule has 0 aromatic rings. The predicted octanol–water partition coefficient (Wildman–Crippen LogP) is 4.29. The van der Waals surface area contributed by atoms with E-state index in [9.17, 15) is 33.3 Å². The van der Waals surface area contributed by atoms with Crippen molar-refractivity contribution in [3.8, 4) is 0 Å². The number of aliphatic hydroxyl groups is 2. The van der Waals surface area contributed by atoms with Gasteiger partial charge in [0.05, 0.1) is 44.3 Å². The fraction of sp³-hybridized carbons (Fsp3) is 0.900. The van der Waals surface area contributed by atoms with Crippen molar-refractivity contribution in [1.82, 2.24) is 5.32 Å². The molecule has 0 aliphatic carbocycles. The van der Waals surface area contributed by atoms with Gasteiger partial charge in [0.15, 0.2) is 6.29 Å². The van der Waals surface area contributed by atoms with Gasteiger partial charge in [0.2, 0.25) is 6.29 Å². The molecule has 414 valence electrons. The predicted molar refractivity (Wildman–Crippen MR) is 261 cm³/mol. The van der Waals surface area contributed by atoms with Crippen LogP contribution in [0.25, 0.3) is 0 Å². The van der Waals surface area contributed by atoms with Crippen molar-refractivity contribution in [1.29, 1.82) is 0 Å². The van der Waals surface area contributed by atoms with E-state index >= 15 is 0 Å². The summed E-state index contributed by atoms with van der Waals surface area (Å²) in [6.45, 7) is 15.3. The Labute approximate surface area is 463 Å². The molecule has 12 atom stereocenters.